The standard InChI is InChI=1S/C33H37BrF3NO7/c1-21-17-27(33(35,36)37)31(32(43)38(21)2)23-18-24(34)20-25(19-23)44-15-6-4-3-5-9-22-10-7-11-28(26(22)13-14-30(41)42)45-16-8-12-29(39)40/h7,10-11,17-20H,3-6,8-9,12-16H2,1-2H3,(H,39,40)(H,41,42). The maximum atomic E-state index is 13.8. The normalized spacial score (nSPS) is 11.4. The van der Waals surface area contributed by atoms with Crippen LogP contribution in [0.25, 0.3) is 11.1 Å². The fraction of sp³-hybridized carbons (Fsp3) is 0.424. The number of hydrogen-bond donors (Lipinski definition) is 2. The molecule has 2 N–H and O–H groups in total. The highest BCUT2D eigenvalue weighted by molar-refractivity contribution is 9.10. The van der Waals surface area contributed by atoms with Gasteiger partial charge in [0.1, 0.15) is 11.5 Å². The molecule has 0 atom stereocenters. The van der Waals surface area contributed by atoms with Gasteiger partial charge in [0.25, 0.3) is 5.56 Å². The minimum Gasteiger partial charge on any atom is -0.494 e. The van der Waals surface area contributed by atoms with Crippen LogP contribution in [0.2, 0.25) is 0 Å². The molecule has 0 bridgehead atoms. The van der Waals surface area contributed by atoms with Crippen molar-refractivity contribution in [3.05, 3.63) is 79.7 Å². The zero-order valence-corrected chi connectivity index (χ0v) is 26.8. The number of ether oxygens (including phenoxy) is 2. The molecule has 0 amide bonds. The van der Waals surface area contributed by atoms with E-state index in [2.05, 4.69) is 15.9 Å². The monoisotopic (exact) mass is 695 g/mol. The highest BCUT2D eigenvalue weighted by Crippen LogP contribution is 2.38. The van der Waals surface area contributed by atoms with Crippen LogP contribution in [0.1, 0.15) is 67.3 Å². The van der Waals surface area contributed by atoms with Crippen LogP contribution in [-0.4, -0.2) is 39.9 Å². The lowest BCUT2D eigenvalue weighted by molar-refractivity contribution is -0.138. The molecule has 45 heavy (non-hydrogen) atoms. The molecule has 0 fully saturated rings. The van der Waals surface area contributed by atoms with E-state index in [1.54, 1.807) is 12.1 Å². The van der Waals surface area contributed by atoms with Crippen LogP contribution in [0, 0.1) is 6.92 Å². The summed E-state index contributed by atoms with van der Waals surface area (Å²) in [6.45, 7) is 2.01. The first-order chi connectivity index (χ1) is 21.3. The number of aliphatic carboxylic acids is 2. The number of alkyl halides is 3. The van der Waals surface area contributed by atoms with Gasteiger partial charge in [-0.1, -0.05) is 40.9 Å². The van der Waals surface area contributed by atoms with Crippen molar-refractivity contribution in [2.75, 3.05) is 13.2 Å². The third-order valence-corrected chi connectivity index (χ3v) is 7.81. The van der Waals surface area contributed by atoms with Crippen LogP contribution in [-0.2, 0) is 35.7 Å². The number of carbonyl (C=O) groups is 2. The molecule has 0 aliphatic rings. The second-order valence-corrected chi connectivity index (χ2v) is 11.7. The lowest BCUT2D eigenvalue weighted by atomic mass is 9.97. The van der Waals surface area contributed by atoms with E-state index in [0.29, 0.717) is 48.3 Å². The summed E-state index contributed by atoms with van der Waals surface area (Å²) >= 11 is 3.33. The Labute approximate surface area is 267 Å². The Morgan fingerprint density at radius 3 is 2.27 bits per heavy atom. The molecule has 0 radical (unpaired) electrons. The lowest BCUT2D eigenvalue weighted by Gasteiger charge is -2.17. The third kappa shape index (κ3) is 10.7. The van der Waals surface area contributed by atoms with Gasteiger partial charge in [-0.25, -0.2) is 0 Å². The van der Waals surface area contributed by atoms with E-state index in [4.69, 9.17) is 14.6 Å². The molecule has 0 aliphatic heterocycles. The molecule has 0 saturated heterocycles. The summed E-state index contributed by atoms with van der Waals surface area (Å²) in [7, 11) is 1.43. The molecule has 0 spiro atoms. The number of aromatic nitrogens is 1. The van der Waals surface area contributed by atoms with E-state index in [0.717, 1.165) is 36.5 Å². The first-order valence-electron chi connectivity index (χ1n) is 14.7. The van der Waals surface area contributed by atoms with E-state index in [9.17, 15) is 32.7 Å². The average molecular weight is 697 g/mol. The number of aryl methyl sites for hydroxylation is 2. The number of rotatable bonds is 17. The predicted octanol–water partition coefficient (Wildman–Crippen LogP) is 7.58. The number of benzene rings is 2. The van der Waals surface area contributed by atoms with Crippen molar-refractivity contribution in [1.29, 1.82) is 0 Å². The minimum atomic E-state index is -4.70. The fourth-order valence-corrected chi connectivity index (χ4v) is 5.45. The lowest BCUT2D eigenvalue weighted by Crippen LogP contribution is -2.25. The van der Waals surface area contributed by atoms with Gasteiger partial charge in [-0.2, -0.15) is 13.2 Å². The Kier molecular flexibility index (Phi) is 13.1. The van der Waals surface area contributed by atoms with Gasteiger partial charge in [-0.05, 0) is 86.1 Å². The highest BCUT2D eigenvalue weighted by atomic mass is 79.9. The predicted molar refractivity (Wildman–Crippen MR) is 167 cm³/mol. The Balaban J connectivity index is 1.58. The summed E-state index contributed by atoms with van der Waals surface area (Å²) in [5.41, 5.74) is -0.0424. The molecule has 3 rings (SSSR count). The van der Waals surface area contributed by atoms with Crippen LogP contribution in [0.5, 0.6) is 11.5 Å². The summed E-state index contributed by atoms with van der Waals surface area (Å²) in [6.07, 6.45) is -0.177. The zero-order valence-electron chi connectivity index (χ0n) is 25.2. The van der Waals surface area contributed by atoms with Crippen molar-refractivity contribution in [1.82, 2.24) is 4.57 Å². The molecule has 12 heteroatoms. The minimum absolute atomic E-state index is 0.0117. The van der Waals surface area contributed by atoms with Crippen molar-refractivity contribution in [2.24, 2.45) is 7.05 Å². The average Bonchev–Trinajstić information content (AvgIpc) is 2.95. The summed E-state index contributed by atoms with van der Waals surface area (Å²) < 4.78 is 54.9. The Morgan fingerprint density at radius 1 is 0.889 bits per heavy atom. The van der Waals surface area contributed by atoms with Crippen LogP contribution in [0.3, 0.4) is 0 Å². The smallest absolute Gasteiger partial charge is 0.417 e. The summed E-state index contributed by atoms with van der Waals surface area (Å²) in [5.74, 6) is -0.898. The van der Waals surface area contributed by atoms with Crippen molar-refractivity contribution in [3.8, 4) is 22.6 Å². The number of hydrogen-bond acceptors (Lipinski definition) is 5. The molecule has 2 aromatic carbocycles. The third-order valence-electron chi connectivity index (χ3n) is 7.36. The van der Waals surface area contributed by atoms with E-state index in [1.165, 1.54) is 30.7 Å². The maximum Gasteiger partial charge on any atom is 0.417 e. The van der Waals surface area contributed by atoms with Crippen LogP contribution in [0.4, 0.5) is 13.2 Å². The number of carboxylic acid groups (broad SMARTS) is 2. The quantitative estimate of drug-likeness (QED) is 0.140. The summed E-state index contributed by atoms with van der Waals surface area (Å²) in [5, 5.41) is 18.0. The summed E-state index contributed by atoms with van der Waals surface area (Å²) in [6, 6.07) is 11.1. The number of nitrogens with zero attached hydrogens (tertiary/aromatic N) is 1. The second-order valence-electron chi connectivity index (χ2n) is 10.8. The van der Waals surface area contributed by atoms with Gasteiger partial charge in [0.15, 0.2) is 0 Å². The van der Waals surface area contributed by atoms with Gasteiger partial charge in [-0.15, -0.1) is 0 Å². The van der Waals surface area contributed by atoms with Gasteiger partial charge >= 0.3 is 18.1 Å². The molecule has 244 valence electrons. The van der Waals surface area contributed by atoms with Gasteiger partial charge < -0.3 is 24.3 Å². The van der Waals surface area contributed by atoms with Gasteiger partial charge in [0.2, 0.25) is 0 Å². The molecule has 1 heterocycles. The van der Waals surface area contributed by atoms with E-state index in [1.807, 2.05) is 12.1 Å². The van der Waals surface area contributed by atoms with Crippen LogP contribution < -0.4 is 15.0 Å². The molecular weight excluding hydrogens is 659 g/mol. The zero-order chi connectivity index (χ0) is 33.1. The largest absolute Gasteiger partial charge is 0.494 e. The molecule has 1 aromatic heterocycles. The summed E-state index contributed by atoms with van der Waals surface area (Å²) in [4.78, 5) is 34.9. The Hall–Kier alpha value is -3.80. The van der Waals surface area contributed by atoms with Crippen molar-refractivity contribution in [3.63, 3.8) is 0 Å². The molecular formula is C33H37BrF3NO7. The number of unbranched alkanes of at least 4 members (excludes halogenated alkanes) is 3. The molecule has 0 aliphatic carbocycles. The molecule has 3 aromatic rings. The number of halogens is 4. The maximum absolute atomic E-state index is 13.8. The van der Waals surface area contributed by atoms with Crippen LogP contribution >= 0.6 is 15.9 Å². The molecule has 0 unspecified atom stereocenters. The highest BCUT2D eigenvalue weighted by Gasteiger charge is 2.36. The topological polar surface area (TPSA) is 115 Å². The van der Waals surface area contributed by atoms with Gasteiger partial charge in [0.05, 0.1) is 24.3 Å². The van der Waals surface area contributed by atoms with Crippen molar-refractivity contribution < 1.29 is 42.4 Å². The Bertz CT molecular complexity index is 1550. The molecule has 0 saturated carbocycles. The van der Waals surface area contributed by atoms with Crippen molar-refractivity contribution in [2.45, 2.75) is 70.9 Å². The van der Waals surface area contributed by atoms with E-state index < -0.39 is 34.8 Å². The Morgan fingerprint density at radius 2 is 1.58 bits per heavy atom. The molecule has 8 nitrogen and oxygen atoms in total. The van der Waals surface area contributed by atoms with Crippen LogP contribution in [0.15, 0.2) is 51.7 Å². The first-order valence-corrected chi connectivity index (χ1v) is 15.5. The fourth-order valence-electron chi connectivity index (χ4n) is 4.98. The van der Waals surface area contributed by atoms with Gasteiger partial charge in [0, 0.05) is 30.1 Å². The first kappa shape index (κ1) is 35.7. The second kappa shape index (κ2) is 16.5. The van der Waals surface area contributed by atoms with E-state index >= 15 is 0 Å². The number of pyridine rings is 1. The van der Waals surface area contributed by atoms with Crippen molar-refractivity contribution >= 4 is 27.9 Å². The van der Waals surface area contributed by atoms with E-state index in [-0.39, 0.29) is 30.7 Å². The SMILES string of the molecule is Cc1cc(C(F)(F)F)c(-c2cc(Br)cc(OCCCCCCc3cccc(OCCCC(=O)O)c3CCC(=O)O)c2)c(=O)n1C. The number of carboxylic acids is 2. The van der Waals surface area contributed by atoms with Gasteiger partial charge in [-0.3, -0.25) is 14.4 Å².